The van der Waals surface area contributed by atoms with Crippen LogP contribution in [0.3, 0.4) is 0 Å². The van der Waals surface area contributed by atoms with Crippen molar-refractivity contribution >= 4 is 17.9 Å². The standard InChI is InChI=1S/C22H26N4O4S/c1-5-22(2,28)16-8-10-18(29-3)19(13-16)31-25-20(27)17-9-7-15(21(24-17)30-4)14-26-12-6-11-23-26/h6-13,28H,5,14H2,1-4H3,(H,25,27). The van der Waals surface area contributed by atoms with Crippen LogP contribution in [-0.4, -0.2) is 40.0 Å². The third-order valence-corrected chi connectivity index (χ3v) is 5.81. The fraction of sp³-hybridized carbons (Fsp3) is 0.318. The second-order valence-corrected chi connectivity index (χ2v) is 7.94. The summed E-state index contributed by atoms with van der Waals surface area (Å²) in [5.41, 5.74) is 0.816. The molecular formula is C22H26N4O4S. The molecule has 3 aromatic rings. The maximum Gasteiger partial charge on any atom is 0.280 e. The van der Waals surface area contributed by atoms with E-state index in [1.54, 1.807) is 43.1 Å². The van der Waals surface area contributed by atoms with Crippen molar-refractivity contribution < 1.29 is 19.4 Å². The summed E-state index contributed by atoms with van der Waals surface area (Å²) in [5, 5.41) is 14.7. The minimum absolute atomic E-state index is 0.226. The van der Waals surface area contributed by atoms with Crippen molar-refractivity contribution in [3.63, 3.8) is 0 Å². The first kappa shape index (κ1) is 22.6. The lowest BCUT2D eigenvalue weighted by Crippen LogP contribution is -2.20. The molecule has 0 spiro atoms. The van der Waals surface area contributed by atoms with E-state index < -0.39 is 5.60 Å². The van der Waals surface area contributed by atoms with Crippen LogP contribution in [0.5, 0.6) is 11.6 Å². The average Bonchev–Trinajstić information content (AvgIpc) is 3.30. The number of hydrogen-bond acceptors (Lipinski definition) is 7. The highest BCUT2D eigenvalue weighted by Crippen LogP contribution is 2.33. The number of aliphatic hydroxyl groups is 1. The van der Waals surface area contributed by atoms with Gasteiger partial charge in [0.15, 0.2) is 0 Å². The summed E-state index contributed by atoms with van der Waals surface area (Å²) in [6, 6.07) is 10.7. The molecule has 2 heterocycles. The van der Waals surface area contributed by atoms with Gasteiger partial charge < -0.3 is 14.6 Å². The van der Waals surface area contributed by atoms with E-state index in [2.05, 4.69) is 14.8 Å². The maximum absolute atomic E-state index is 12.7. The van der Waals surface area contributed by atoms with Crippen molar-refractivity contribution in [3.8, 4) is 11.6 Å². The SMILES string of the molecule is CCC(C)(O)c1ccc(OC)c(SNC(=O)c2ccc(Cn3cccn3)c(OC)n2)c1. The lowest BCUT2D eigenvalue weighted by atomic mass is 9.93. The summed E-state index contributed by atoms with van der Waals surface area (Å²) >= 11 is 1.11. The number of methoxy groups -OCH3 is 2. The van der Waals surface area contributed by atoms with Gasteiger partial charge in [0.25, 0.3) is 5.91 Å². The highest BCUT2D eigenvalue weighted by Gasteiger charge is 2.22. The fourth-order valence-electron chi connectivity index (χ4n) is 2.91. The van der Waals surface area contributed by atoms with E-state index >= 15 is 0 Å². The van der Waals surface area contributed by atoms with E-state index in [9.17, 15) is 9.90 Å². The third kappa shape index (κ3) is 5.36. The van der Waals surface area contributed by atoms with E-state index in [4.69, 9.17) is 9.47 Å². The van der Waals surface area contributed by atoms with Crippen molar-refractivity contribution in [2.45, 2.75) is 37.3 Å². The zero-order chi connectivity index (χ0) is 22.4. The van der Waals surface area contributed by atoms with Crippen LogP contribution in [0.4, 0.5) is 0 Å². The molecule has 0 aliphatic rings. The van der Waals surface area contributed by atoms with Crippen LogP contribution in [0.25, 0.3) is 0 Å². The first-order valence-corrected chi connectivity index (χ1v) is 10.6. The molecule has 1 aromatic carbocycles. The molecule has 2 N–H and O–H groups in total. The molecule has 0 saturated carbocycles. The second kappa shape index (κ2) is 9.84. The van der Waals surface area contributed by atoms with Crippen LogP contribution < -0.4 is 14.2 Å². The van der Waals surface area contributed by atoms with Crippen molar-refractivity contribution in [2.75, 3.05) is 14.2 Å². The van der Waals surface area contributed by atoms with Gasteiger partial charge in [-0.05, 0) is 61.2 Å². The van der Waals surface area contributed by atoms with E-state index in [-0.39, 0.29) is 11.6 Å². The molecule has 0 bridgehead atoms. The van der Waals surface area contributed by atoms with Gasteiger partial charge >= 0.3 is 0 Å². The van der Waals surface area contributed by atoms with Crippen LogP contribution >= 0.6 is 11.9 Å². The zero-order valence-corrected chi connectivity index (χ0v) is 18.8. The Bertz CT molecular complexity index is 1040. The molecule has 0 aliphatic heterocycles. The monoisotopic (exact) mass is 442 g/mol. The molecule has 2 aromatic heterocycles. The first-order chi connectivity index (χ1) is 14.9. The quantitative estimate of drug-likeness (QED) is 0.490. The molecule has 9 heteroatoms. The molecule has 0 aliphatic carbocycles. The first-order valence-electron chi connectivity index (χ1n) is 9.77. The van der Waals surface area contributed by atoms with Gasteiger partial charge in [-0.15, -0.1) is 0 Å². The van der Waals surface area contributed by atoms with Gasteiger partial charge in [0.2, 0.25) is 5.88 Å². The van der Waals surface area contributed by atoms with Crippen molar-refractivity contribution in [1.82, 2.24) is 19.5 Å². The summed E-state index contributed by atoms with van der Waals surface area (Å²) in [7, 11) is 3.07. The minimum atomic E-state index is -0.967. The van der Waals surface area contributed by atoms with E-state index in [1.807, 2.05) is 31.3 Å². The number of aromatic nitrogens is 3. The van der Waals surface area contributed by atoms with Gasteiger partial charge in [0.1, 0.15) is 11.4 Å². The minimum Gasteiger partial charge on any atom is -0.496 e. The Balaban J connectivity index is 1.75. The van der Waals surface area contributed by atoms with Crippen LogP contribution in [-0.2, 0) is 12.1 Å². The van der Waals surface area contributed by atoms with E-state index in [1.165, 1.54) is 7.11 Å². The van der Waals surface area contributed by atoms with E-state index in [0.29, 0.717) is 29.5 Å². The predicted molar refractivity (Wildman–Crippen MR) is 118 cm³/mol. The number of pyridine rings is 1. The third-order valence-electron chi connectivity index (χ3n) is 4.98. The Morgan fingerprint density at radius 2 is 2.06 bits per heavy atom. The smallest absolute Gasteiger partial charge is 0.280 e. The van der Waals surface area contributed by atoms with Gasteiger partial charge in [0.05, 0.1) is 31.3 Å². The molecule has 164 valence electrons. The van der Waals surface area contributed by atoms with Gasteiger partial charge in [0, 0.05) is 18.0 Å². The molecule has 0 fully saturated rings. The number of rotatable bonds is 9. The van der Waals surface area contributed by atoms with Gasteiger partial charge in [-0.1, -0.05) is 13.0 Å². The summed E-state index contributed by atoms with van der Waals surface area (Å²) in [6.45, 7) is 4.15. The average molecular weight is 443 g/mol. The maximum atomic E-state index is 12.7. The Hall–Kier alpha value is -3.04. The Morgan fingerprint density at radius 3 is 2.71 bits per heavy atom. The Labute approximate surface area is 185 Å². The summed E-state index contributed by atoms with van der Waals surface area (Å²) in [6.07, 6.45) is 4.10. The van der Waals surface area contributed by atoms with E-state index in [0.717, 1.165) is 23.1 Å². The highest BCUT2D eigenvalue weighted by molar-refractivity contribution is 7.98. The number of amides is 1. The van der Waals surface area contributed by atoms with Crippen molar-refractivity contribution in [1.29, 1.82) is 0 Å². The lowest BCUT2D eigenvalue weighted by molar-refractivity contribution is 0.0528. The Kier molecular flexibility index (Phi) is 7.19. The van der Waals surface area contributed by atoms with Crippen molar-refractivity contribution in [3.05, 3.63) is 65.6 Å². The number of nitrogens with zero attached hydrogens (tertiary/aromatic N) is 3. The molecule has 1 atom stereocenters. The number of nitrogens with one attached hydrogen (secondary N) is 1. The Morgan fingerprint density at radius 1 is 1.26 bits per heavy atom. The molecular weight excluding hydrogens is 416 g/mol. The van der Waals surface area contributed by atoms with Crippen molar-refractivity contribution in [2.24, 2.45) is 0 Å². The van der Waals surface area contributed by atoms with Crippen LogP contribution in [0, 0.1) is 0 Å². The topological polar surface area (TPSA) is 98.5 Å². The fourth-order valence-corrected chi connectivity index (χ4v) is 3.66. The summed E-state index contributed by atoms with van der Waals surface area (Å²) < 4.78 is 15.3. The predicted octanol–water partition coefficient (Wildman–Crippen LogP) is 3.40. The van der Waals surface area contributed by atoms with Gasteiger partial charge in [-0.3, -0.25) is 14.2 Å². The number of carbonyl (C=O) groups excluding carboxylic acids is 1. The molecule has 0 radical (unpaired) electrons. The molecule has 0 saturated heterocycles. The van der Waals surface area contributed by atoms with Crippen LogP contribution in [0.15, 0.2) is 53.7 Å². The molecule has 31 heavy (non-hydrogen) atoms. The van der Waals surface area contributed by atoms with Crippen LogP contribution in [0.2, 0.25) is 0 Å². The van der Waals surface area contributed by atoms with Gasteiger partial charge in [-0.25, -0.2) is 4.98 Å². The number of benzene rings is 1. The molecule has 8 nitrogen and oxygen atoms in total. The summed E-state index contributed by atoms with van der Waals surface area (Å²) in [5.74, 6) is 0.594. The summed E-state index contributed by atoms with van der Waals surface area (Å²) in [4.78, 5) is 17.7. The number of ether oxygens (including phenoxy) is 2. The zero-order valence-electron chi connectivity index (χ0n) is 18.0. The largest absolute Gasteiger partial charge is 0.496 e. The highest BCUT2D eigenvalue weighted by atomic mass is 32.2. The molecule has 3 rings (SSSR count). The van der Waals surface area contributed by atoms with Gasteiger partial charge in [-0.2, -0.15) is 5.10 Å². The van der Waals surface area contributed by atoms with Crippen LogP contribution in [0.1, 0.15) is 41.9 Å². The molecule has 1 amide bonds. The second-order valence-electron chi connectivity index (χ2n) is 7.09. The number of carbonyl (C=O) groups is 1. The molecule has 1 unspecified atom stereocenters. The number of hydrogen-bond donors (Lipinski definition) is 2. The normalized spacial score (nSPS) is 12.8. The lowest BCUT2D eigenvalue weighted by Gasteiger charge is -2.23.